The summed E-state index contributed by atoms with van der Waals surface area (Å²) in [6, 6.07) is 14.7. The van der Waals surface area contributed by atoms with Gasteiger partial charge in [-0.15, -0.1) is 11.8 Å². The Bertz CT molecular complexity index is 991. The topological polar surface area (TPSA) is 75.7 Å². The lowest BCUT2D eigenvalue weighted by Crippen LogP contribution is -2.36. The van der Waals surface area contributed by atoms with Gasteiger partial charge in [0.05, 0.1) is 11.5 Å². The van der Waals surface area contributed by atoms with Crippen molar-refractivity contribution in [3.8, 4) is 5.75 Å². The van der Waals surface area contributed by atoms with Crippen LogP contribution in [0.2, 0.25) is 0 Å². The van der Waals surface area contributed by atoms with Crippen molar-refractivity contribution in [2.75, 3.05) is 24.7 Å². The molecule has 30 heavy (non-hydrogen) atoms. The normalized spacial score (nSPS) is 15.0. The lowest BCUT2D eigenvalue weighted by Gasteiger charge is -2.13. The van der Waals surface area contributed by atoms with E-state index in [-0.39, 0.29) is 11.4 Å². The van der Waals surface area contributed by atoms with Crippen LogP contribution in [0.25, 0.3) is 6.08 Å². The summed E-state index contributed by atoms with van der Waals surface area (Å²) in [5.74, 6) is -0.260. The second-order valence-electron chi connectivity index (χ2n) is 6.43. The molecule has 0 unspecified atom stereocenters. The number of nitrogens with zero attached hydrogens (tertiary/aromatic N) is 1. The molecule has 6 nitrogen and oxygen atoms in total. The fourth-order valence-electron chi connectivity index (χ4n) is 2.77. The summed E-state index contributed by atoms with van der Waals surface area (Å²) in [6.45, 7) is 2.24. The minimum atomic E-state index is -0.483. The first-order valence-corrected chi connectivity index (χ1v) is 11.5. The number of carbonyl (C=O) groups is 3. The van der Waals surface area contributed by atoms with Crippen LogP contribution >= 0.6 is 23.5 Å². The van der Waals surface area contributed by atoms with Crippen LogP contribution in [-0.4, -0.2) is 41.4 Å². The van der Waals surface area contributed by atoms with Crippen LogP contribution in [0, 0.1) is 0 Å². The molecular formula is C22H22N2O4S2. The highest BCUT2D eigenvalue weighted by Gasteiger charge is 2.36. The quantitative estimate of drug-likeness (QED) is 0.464. The third-order valence-electron chi connectivity index (χ3n) is 4.20. The predicted molar refractivity (Wildman–Crippen MR) is 122 cm³/mol. The van der Waals surface area contributed by atoms with E-state index in [1.807, 2.05) is 55.6 Å². The van der Waals surface area contributed by atoms with Crippen LogP contribution in [0.5, 0.6) is 5.75 Å². The summed E-state index contributed by atoms with van der Waals surface area (Å²) in [6.07, 6.45) is 4.44. The van der Waals surface area contributed by atoms with E-state index in [4.69, 9.17) is 4.74 Å². The number of thioether (sulfide) groups is 2. The average Bonchev–Trinajstić information content (AvgIpc) is 3.00. The van der Waals surface area contributed by atoms with Gasteiger partial charge in [-0.2, -0.15) is 0 Å². The number of carbonyl (C=O) groups excluding carboxylic acids is 3. The number of benzene rings is 2. The van der Waals surface area contributed by atoms with Gasteiger partial charge in [-0.25, -0.2) is 0 Å². The van der Waals surface area contributed by atoms with E-state index in [0.29, 0.717) is 18.0 Å². The molecule has 2 aromatic carbocycles. The van der Waals surface area contributed by atoms with E-state index in [2.05, 4.69) is 5.32 Å². The third-order valence-corrected chi connectivity index (χ3v) is 5.83. The number of nitrogens with one attached hydrogen (secondary N) is 1. The van der Waals surface area contributed by atoms with Gasteiger partial charge in [-0.3, -0.25) is 19.3 Å². The number of para-hydroxylation sites is 1. The second kappa shape index (κ2) is 10.4. The first-order chi connectivity index (χ1) is 14.5. The molecule has 1 N–H and O–H groups in total. The molecule has 1 aliphatic rings. The maximum Gasteiger partial charge on any atom is 0.294 e. The Morgan fingerprint density at radius 3 is 2.77 bits per heavy atom. The van der Waals surface area contributed by atoms with Crippen LogP contribution < -0.4 is 10.1 Å². The monoisotopic (exact) mass is 442 g/mol. The minimum absolute atomic E-state index is 0.268. The fourth-order valence-corrected chi connectivity index (χ4v) is 4.05. The molecule has 0 radical (unpaired) electrons. The maximum atomic E-state index is 12.7. The van der Waals surface area contributed by atoms with Crippen molar-refractivity contribution in [2.24, 2.45) is 0 Å². The zero-order valence-electron chi connectivity index (χ0n) is 16.7. The van der Waals surface area contributed by atoms with Gasteiger partial charge in [0.1, 0.15) is 12.3 Å². The standard InChI is InChI=1S/C22H22N2O4S2/c1-3-11-28-18-10-5-4-7-15(18)12-19-21(26)24(22(27)30-19)14-20(25)23-16-8-6-9-17(13-16)29-2/h4-10,12-13H,3,11,14H2,1-2H3,(H,23,25)/b19-12+. The van der Waals surface area contributed by atoms with Crippen molar-refractivity contribution in [1.82, 2.24) is 4.90 Å². The molecular weight excluding hydrogens is 420 g/mol. The van der Waals surface area contributed by atoms with E-state index >= 15 is 0 Å². The Labute approximate surface area is 184 Å². The molecule has 8 heteroatoms. The molecule has 0 spiro atoms. The Morgan fingerprint density at radius 1 is 1.20 bits per heavy atom. The van der Waals surface area contributed by atoms with Crippen LogP contribution in [0.1, 0.15) is 18.9 Å². The van der Waals surface area contributed by atoms with Crippen LogP contribution in [0.15, 0.2) is 58.3 Å². The van der Waals surface area contributed by atoms with Gasteiger partial charge in [-0.1, -0.05) is 31.2 Å². The van der Waals surface area contributed by atoms with Gasteiger partial charge in [0.2, 0.25) is 5.91 Å². The van der Waals surface area contributed by atoms with Crippen molar-refractivity contribution in [3.63, 3.8) is 0 Å². The van der Waals surface area contributed by atoms with E-state index in [1.54, 1.807) is 23.9 Å². The number of hydrogen-bond acceptors (Lipinski definition) is 6. The van der Waals surface area contributed by atoms with E-state index in [1.165, 1.54) is 0 Å². The Kier molecular flexibility index (Phi) is 7.59. The van der Waals surface area contributed by atoms with E-state index in [9.17, 15) is 14.4 Å². The van der Waals surface area contributed by atoms with Crippen molar-refractivity contribution >= 4 is 52.3 Å². The third kappa shape index (κ3) is 5.46. The van der Waals surface area contributed by atoms with E-state index < -0.39 is 17.1 Å². The van der Waals surface area contributed by atoms with Crippen LogP contribution in [-0.2, 0) is 9.59 Å². The minimum Gasteiger partial charge on any atom is -0.493 e. The SMILES string of the molecule is CCCOc1ccccc1/C=C1/SC(=O)N(CC(=O)Nc2cccc(SC)c2)C1=O. The van der Waals surface area contributed by atoms with Gasteiger partial charge in [-0.05, 0) is 54.8 Å². The average molecular weight is 443 g/mol. The summed E-state index contributed by atoms with van der Waals surface area (Å²) in [5, 5.41) is 2.27. The highest BCUT2D eigenvalue weighted by Crippen LogP contribution is 2.34. The number of ether oxygens (including phenoxy) is 1. The van der Waals surface area contributed by atoms with Crippen molar-refractivity contribution < 1.29 is 19.1 Å². The molecule has 0 aliphatic carbocycles. The van der Waals surface area contributed by atoms with Crippen molar-refractivity contribution in [2.45, 2.75) is 18.2 Å². The smallest absolute Gasteiger partial charge is 0.294 e. The lowest BCUT2D eigenvalue weighted by molar-refractivity contribution is -0.127. The molecule has 0 saturated carbocycles. The molecule has 0 atom stereocenters. The van der Waals surface area contributed by atoms with E-state index in [0.717, 1.165) is 33.5 Å². The number of anilines is 1. The number of rotatable bonds is 8. The van der Waals surface area contributed by atoms with Gasteiger partial charge in [0, 0.05) is 16.1 Å². The second-order valence-corrected chi connectivity index (χ2v) is 8.31. The molecule has 2 aromatic rings. The lowest BCUT2D eigenvalue weighted by atomic mass is 10.2. The fraction of sp³-hybridized carbons (Fsp3) is 0.227. The summed E-state index contributed by atoms with van der Waals surface area (Å²) >= 11 is 2.38. The molecule has 0 aromatic heterocycles. The number of imide groups is 1. The first-order valence-electron chi connectivity index (χ1n) is 9.43. The maximum absolute atomic E-state index is 12.7. The zero-order chi connectivity index (χ0) is 21.5. The van der Waals surface area contributed by atoms with Gasteiger partial charge < -0.3 is 10.1 Å². The molecule has 1 heterocycles. The Balaban J connectivity index is 1.70. The van der Waals surface area contributed by atoms with Crippen molar-refractivity contribution in [1.29, 1.82) is 0 Å². The number of hydrogen-bond donors (Lipinski definition) is 1. The number of amides is 3. The van der Waals surface area contributed by atoms with Crippen LogP contribution in [0.3, 0.4) is 0 Å². The summed E-state index contributed by atoms with van der Waals surface area (Å²) in [7, 11) is 0. The molecule has 156 valence electrons. The summed E-state index contributed by atoms with van der Waals surface area (Å²) < 4.78 is 5.71. The van der Waals surface area contributed by atoms with Crippen molar-refractivity contribution in [3.05, 3.63) is 59.0 Å². The van der Waals surface area contributed by atoms with Crippen LogP contribution in [0.4, 0.5) is 10.5 Å². The largest absolute Gasteiger partial charge is 0.493 e. The summed E-state index contributed by atoms with van der Waals surface area (Å²) in [5.41, 5.74) is 1.34. The molecule has 1 saturated heterocycles. The van der Waals surface area contributed by atoms with Gasteiger partial charge in [0.15, 0.2) is 0 Å². The first kappa shape index (κ1) is 22.0. The molecule has 1 fully saturated rings. The Hall–Kier alpha value is -2.71. The predicted octanol–water partition coefficient (Wildman–Crippen LogP) is 4.87. The van der Waals surface area contributed by atoms with Gasteiger partial charge >= 0.3 is 0 Å². The Morgan fingerprint density at radius 2 is 2.00 bits per heavy atom. The molecule has 3 rings (SSSR count). The molecule has 1 aliphatic heterocycles. The zero-order valence-corrected chi connectivity index (χ0v) is 18.3. The molecule has 3 amide bonds. The van der Waals surface area contributed by atoms with Gasteiger partial charge in [0.25, 0.3) is 11.1 Å². The summed E-state index contributed by atoms with van der Waals surface area (Å²) in [4.78, 5) is 39.7. The highest BCUT2D eigenvalue weighted by atomic mass is 32.2. The molecule has 0 bridgehead atoms. The highest BCUT2D eigenvalue weighted by molar-refractivity contribution is 8.18.